The maximum atomic E-state index is 12.9. The van der Waals surface area contributed by atoms with Gasteiger partial charge in [0.2, 0.25) is 0 Å². The second kappa shape index (κ2) is 10.1. The zero-order chi connectivity index (χ0) is 24.4. The first-order valence-corrected chi connectivity index (χ1v) is 11.6. The zero-order valence-corrected chi connectivity index (χ0v) is 20.6. The predicted octanol–water partition coefficient (Wildman–Crippen LogP) is 6.37. The van der Waals surface area contributed by atoms with Crippen molar-refractivity contribution in [3.05, 3.63) is 81.3 Å². The number of hydrogen-bond donors (Lipinski definition) is 1. The third-order valence-corrected chi connectivity index (χ3v) is 6.00. The highest BCUT2D eigenvalue weighted by atomic mass is 35.5. The second-order valence-corrected chi connectivity index (χ2v) is 9.10. The van der Waals surface area contributed by atoms with Crippen LogP contribution in [0.5, 0.6) is 11.5 Å². The number of amides is 2. The van der Waals surface area contributed by atoms with Gasteiger partial charge in [0.05, 0.1) is 17.3 Å². The molecule has 0 bridgehead atoms. The van der Waals surface area contributed by atoms with Crippen LogP contribution in [0.15, 0.2) is 60.7 Å². The molecule has 0 aliphatic carbocycles. The molecule has 0 aromatic heterocycles. The number of nitrogens with one attached hydrogen (secondary N) is 1. The van der Waals surface area contributed by atoms with Crippen molar-refractivity contribution < 1.29 is 19.1 Å². The molecule has 4 rings (SSSR count). The van der Waals surface area contributed by atoms with E-state index in [1.54, 1.807) is 67.3 Å². The SMILES string of the molecule is CC(Oc1ccc(Cl)cc1Cl)C(=O)Nc1ccc2c(c1)N(Cc1cccc(Cl)c1)C(=O)C(C)O2. The van der Waals surface area contributed by atoms with Gasteiger partial charge in [0, 0.05) is 15.7 Å². The summed E-state index contributed by atoms with van der Waals surface area (Å²) in [6.45, 7) is 3.62. The number of rotatable bonds is 6. The van der Waals surface area contributed by atoms with Gasteiger partial charge < -0.3 is 19.7 Å². The number of fused-ring (bicyclic) bond motifs is 1. The van der Waals surface area contributed by atoms with E-state index < -0.39 is 12.2 Å². The van der Waals surface area contributed by atoms with Gasteiger partial charge in [-0.15, -0.1) is 0 Å². The highest BCUT2D eigenvalue weighted by Gasteiger charge is 2.32. The van der Waals surface area contributed by atoms with Crippen molar-refractivity contribution in [1.29, 1.82) is 0 Å². The van der Waals surface area contributed by atoms with Crippen molar-refractivity contribution >= 4 is 58.0 Å². The molecule has 2 unspecified atom stereocenters. The van der Waals surface area contributed by atoms with Gasteiger partial charge in [0.1, 0.15) is 11.5 Å². The van der Waals surface area contributed by atoms with Gasteiger partial charge >= 0.3 is 0 Å². The Balaban J connectivity index is 1.53. The molecule has 0 fully saturated rings. The van der Waals surface area contributed by atoms with Crippen LogP contribution >= 0.6 is 34.8 Å². The van der Waals surface area contributed by atoms with Crippen LogP contribution in [-0.4, -0.2) is 24.0 Å². The Bertz CT molecular complexity index is 1250. The molecule has 176 valence electrons. The van der Waals surface area contributed by atoms with Crippen molar-refractivity contribution in [1.82, 2.24) is 0 Å². The quantitative estimate of drug-likeness (QED) is 0.411. The molecule has 1 N–H and O–H groups in total. The van der Waals surface area contributed by atoms with E-state index in [-0.39, 0.29) is 11.8 Å². The van der Waals surface area contributed by atoms with E-state index in [9.17, 15) is 9.59 Å². The van der Waals surface area contributed by atoms with E-state index in [4.69, 9.17) is 44.3 Å². The summed E-state index contributed by atoms with van der Waals surface area (Å²) >= 11 is 18.2. The molecule has 3 aromatic rings. The van der Waals surface area contributed by atoms with Crippen LogP contribution in [0.1, 0.15) is 19.4 Å². The third-order valence-electron chi connectivity index (χ3n) is 5.23. The Labute approximate surface area is 212 Å². The largest absolute Gasteiger partial charge is 0.479 e. The van der Waals surface area contributed by atoms with Gasteiger partial charge in [-0.25, -0.2) is 0 Å². The van der Waals surface area contributed by atoms with E-state index in [0.29, 0.717) is 44.5 Å². The van der Waals surface area contributed by atoms with Crippen molar-refractivity contribution in [2.24, 2.45) is 0 Å². The summed E-state index contributed by atoms with van der Waals surface area (Å²) in [5.41, 5.74) is 1.91. The zero-order valence-electron chi connectivity index (χ0n) is 18.3. The Morgan fingerprint density at radius 3 is 2.59 bits per heavy atom. The molecule has 1 aliphatic heterocycles. The van der Waals surface area contributed by atoms with E-state index >= 15 is 0 Å². The average molecular weight is 520 g/mol. The normalized spacial score (nSPS) is 15.9. The van der Waals surface area contributed by atoms with Crippen LogP contribution in [0.3, 0.4) is 0 Å². The number of benzene rings is 3. The van der Waals surface area contributed by atoms with Crippen molar-refractivity contribution in [3.63, 3.8) is 0 Å². The first-order valence-electron chi connectivity index (χ1n) is 10.5. The average Bonchev–Trinajstić information content (AvgIpc) is 2.79. The number of carbonyl (C=O) groups is 2. The second-order valence-electron chi connectivity index (χ2n) is 7.82. The highest BCUT2D eigenvalue weighted by Crippen LogP contribution is 2.37. The number of nitrogens with zero attached hydrogens (tertiary/aromatic N) is 1. The maximum absolute atomic E-state index is 12.9. The molecule has 1 heterocycles. The summed E-state index contributed by atoms with van der Waals surface area (Å²) in [4.78, 5) is 27.3. The summed E-state index contributed by atoms with van der Waals surface area (Å²) in [6.07, 6.45) is -1.47. The molecule has 1 aliphatic rings. The van der Waals surface area contributed by atoms with Crippen molar-refractivity contribution in [2.75, 3.05) is 10.2 Å². The molecule has 2 atom stereocenters. The van der Waals surface area contributed by atoms with Gasteiger partial charge in [0.15, 0.2) is 12.2 Å². The summed E-state index contributed by atoms with van der Waals surface area (Å²) in [5, 5.41) is 4.18. The summed E-state index contributed by atoms with van der Waals surface area (Å²) < 4.78 is 11.4. The van der Waals surface area contributed by atoms with Crippen LogP contribution in [0.2, 0.25) is 15.1 Å². The standard InChI is InChI=1S/C25H21Cl3N2O4/c1-14(33-22-8-6-18(27)11-20(22)28)24(31)29-19-7-9-23-21(12-19)30(25(32)15(2)34-23)13-16-4-3-5-17(26)10-16/h3-12,14-15H,13H2,1-2H3,(H,29,31). The van der Waals surface area contributed by atoms with Crippen LogP contribution in [0, 0.1) is 0 Å². The van der Waals surface area contributed by atoms with Crippen LogP contribution in [0.4, 0.5) is 11.4 Å². The fourth-order valence-corrected chi connectivity index (χ4v) is 4.19. The summed E-state index contributed by atoms with van der Waals surface area (Å²) in [7, 11) is 0. The fraction of sp³-hybridized carbons (Fsp3) is 0.200. The molecule has 34 heavy (non-hydrogen) atoms. The molecule has 0 spiro atoms. The van der Waals surface area contributed by atoms with E-state index in [0.717, 1.165) is 5.56 Å². The molecule has 2 amide bonds. The van der Waals surface area contributed by atoms with Gasteiger partial charge in [-0.1, -0.05) is 46.9 Å². The number of hydrogen-bond acceptors (Lipinski definition) is 4. The lowest BCUT2D eigenvalue weighted by molar-refractivity contribution is -0.125. The van der Waals surface area contributed by atoms with Gasteiger partial charge in [-0.2, -0.15) is 0 Å². The van der Waals surface area contributed by atoms with Gasteiger partial charge in [0.25, 0.3) is 11.8 Å². The minimum absolute atomic E-state index is 0.190. The predicted molar refractivity (Wildman–Crippen MR) is 134 cm³/mol. The topological polar surface area (TPSA) is 67.9 Å². The van der Waals surface area contributed by atoms with Crippen molar-refractivity contribution in [2.45, 2.75) is 32.6 Å². The van der Waals surface area contributed by atoms with Gasteiger partial charge in [-0.05, 0) is 67.9 Å². The number of anilines is 2. The maximum Gasteiger partial charge on any atom is 0.268 e. The Hall–Kier alpha value is -2.93. The minimum atomic E-state index is -0.838. The number of halogens is 3. The Morgan fingerprint density at radius 1 is 1.09 bits per heavy atom. The Kier molecular flexibility index (Phi) is 7.22. The Morgan fingerprint density at radius 2 is 1.85 bits per heavy atom. The summed E-state index contributed by atoms with van der Waals surface area (Å²) in [5.74, 6) is 0.318. The van der Waals surface area contributed by atoms with Crippen LogP contribution in [0.25, 0.3) is 0 Å². The lowest BCUT2D eigenvalue weighted by Crippen LogP contribution is -2.44. The smallest absolute Gasteiger partial charge is 0.268 e. The molecule has 0 saturated heterocycles. The number of carbonyl (C=O) groups excluding carboxylic acids is 2. The van der Waals surface area contributed by atoms with E-state index in [1.807, 2.05) is 12.1 Å². The van der Waals surface area contributed by atoms with Crippen LogP contribution < -0.4 is 19.7 Å². The molecular weight excluding hydrogens is 499 g/mol. The third kappa shape index (κ3) is 5.41. The monoisotopic (exact) mass is 518 g/mol. The molecule has 9 heteroatoms. The fourth-order valence-electron chi connectivity index (χ4n) is 3.52. The van der Waals surface area contributed by atoms with Gasteiger partial charge in [-0.3, -0.25) is 9.59 Å². The van der Waals surface area contributed by atoms with Crippen molar-refractivity contribution in [3.8, 4) is 11.5 Å². The lowest BCUT2D eigenvalue weighted by Gasteiger charge is -2.33. The molecule has 0 saturated carbocycles. The summed E-state index contributed by atoms with van der Waals surface area (Å²) in [6, 6.07) is 17.2. The first kappa shape index (κ1) is 24.2. The minimum Gasteiger partial charge on any atom is -0.479 e. The highest BCUT2D eigenvalue weighted by molar-refractivity contribution is 6.35. The van der Waals surface area contributed by atoms with E-state index in [1.165, 1.54) is 0 Å². The molecule has 6 nitrogen and oxygen atoms in total. The van der Waals surface area contributed by atoms with E-state index in [2.05, 4.69) is 5.32 Å². The molecular formula is C25H21Cl3N2O4. The molecule has 0 radical (unpaired) electrons. The number of ether oxygens (including phenoxy) is 2. The molecule has 3 aromatic carbocycles. The lowest BCUT2D eigenvalue weighted by atomic mass is 10.1. The first-order chi connectivity index (χ1) is 16.2. The van der Waals surface area contributed by atoms with Crippen LogP contribution in [-0.2, 0) is 16.1 Å².